The summed E-state index contributed by atoms with van der Waals surface area (Å²) in [6.45, 7) is 5.12. The normalized spacial score (nSPS) is 23.1. The standard InChI is InChI=1S/C20H26N4O2S.C2HF3O2/c1-15-18(27-14-22-15)19(25)23-17-7-2-4-8-20(17)13-24(10-11-26-20)12-16-6-3-5-9-21-16;3-2(4,5)1(6)7/h3,5-6,9,14,17H,2,4,7-8,10-13H2,1H3,(H,23,25);(H,6,7). The summed E-state index contributed by atoms with van der Waals surface area (Å²) in [6, 6.07) is 6.07. The number of hydrogen-bond donors (Lipinski definition) is 2. The maximum absolute atomic E-state index is 12.8. The van der Waals surface area contributed by atoms with Crippen molar-refractivity contribution < 1.29 is 32.6 Å². The first-order valence-corrected chi connectivity index (χ1v) is 11.8. The number of alkyl halides is 3. The average Bonchev–Trinajstić information content (AvgIpc) is 3.22. The first-order chi connectivity index (χ1) is 16.1. The number of pyridine rings is 1. The van der Waals surface area contributed by atoms with Gasteiger partial charge in [-0.05, 0) is 31.9 Å². The number of carboxylic acids is 1. The van der Waals surface area contributed by atoms with Crippen molar-refractivity contribution in [2.24, 2.45) is 0 Å². The minimum atomic E-state index is -5.08. The van der Waals surface area contributed by atoms with Gasteiger partial charge in [-0.2, -0.15) is 13.2 Å². The Balaban J connectivity index is 0.000000406. The summed E-state index contributed by atoms with van der Waals surface area (Å²) in [5.74, 6) is -2.78. The molecule has 1 saturated heterocycles. The second-order valence-electron chi connectivity index (χ2n) is 8.29. The van der Waals surface area contributed by atoms with E-state index >= 15 is 0 Å². The molecule has 0 bridgehead atoms. The number of carboxylic acid groups (broad SMARTS) is 1. The lowest BCUT2D eigenvalue weighted by Gasteiger charge is -2.49. The minimum Gasteiger partial charge on any atom is -0.475 e. The topological polar surface area (TPSA) is 105 Å². The van der Waals surface area contributed by atoms with Gasteiger partial charge in [-0.3, -0.25) is 14.7 Å². The van der Waals surface area contributed by atoms with E-state index < -0.39 is 12.1 Å². The van der Waals surface area contributed by atoms with Crippen LogP contribution in [0.4, 0.5) is 13.2 Å². The Morgan fingerprint density at radius 1 is 1.32 bits per heavy atom. The number of aliphatic carboxylic acids is 1. The van der Waals surface area contributed by atoms with E-state index in [4.69, 9.17) is 14.6 Å². The Morgan fingerprint density at radius 3 is 2.71 bits per heavy atom. The van der Waals surface area contributed by atoms with Gasteiger partial charge in [-0.25, -0.2) is 9.78 Å². The zero-order chi connectivity index (χ0) is 24.8. The second-order valence-corrected chi connectivity index (χ2v) is 9.14. The van der Waals surface area contributed by atoms with Crippen LogP contribution in [0.3, 0.4) is 0 Å². The van der Waals surface area contributed by atoms with Gasteiger partial charge in [0.05, 0.1) is 29.5 Å². The lowest BCUT2D eigenvalue weighted by molar-refractivity contribution is -0.192. The zero-order valence-electron chi connectivity index (χ0n) is 18.7. The fourth-order valence-corrected chi connectivity index (χ4v) is 4.96. The molecule has 1 spiro atoms. The van der Waals surface area contributed by atoms with E-state index in [1.54, 1.807) is 5.51 Å². The molecular weight excluding hydrogens is 473 g/mol. The highest BCUT2D eigenvalue weighted by atomic mass is 32.1. The number of morpholine rings is 1. The molecule has 2 aliphatic rings. The number of carbonyl (C=O) groups excluding carboxylic acids is 1. The van der Waals surface area contributed by atoms with Crippen molar-refractivity contribution in [1.82, 2.24) is 20.2 Å². The van der Waals surface area contributed by atoms with Gasteiger partial charge in [0.25, 0.3) is 5.91 Å². The number of aromatic nitrogens is 2. The molecule has 1 saturated carbocycles. The van der Waals surface area contributed by atoms with Crippen LogP contribution in [-0.2, 0) is 16.1 Å². The lowest BCUT2D eigenvalue weighted by atomic mass is 9.78. The van der Waals surface area contributed by atoms with E-state index in [9.17, 15) is 18.0 Å². The van der Waals surface area contributed by atoms with Crippen molar-refractivity contribution in [2.45, 2.75) is 57.0 Å². The fraction of sp³-hybridized carbons (Fsp3) is 0.545. The molecule has 0 radical (unpaired) electrons. The van der Waals surface area contributed by atoms with Gasteiger partial charge in [0, 0.05) is 25.8 Å². The molecule has 2 atom stereocenters. The summed E-state index contributed by atoms with van der Waals surface area (Å²) in [6.07, 6.45) is 0.966. The van der Waals surface area contributed by atoms with Crippen molar-refractivity contribution >= 4 is 23.2 Å². The molecule has 186 valence electrons. The van der Waals surface area contributed by atoms with Crippen molar-refractivity contribution in [1.29, 1.82) is 0 Å². The summed E-state index contributed by atoms with van der Waals surface area (Å²) in [4.78, 5) is 33.5. The van der Waals surface area contributed by atoms with E-state index in [2.05, 4.69) is 26.3 Å². The lowest BCUT2D eigenvalue weighted by Crippen LogP contribution is -2.63. The second kappa shape index (κ2) is 11.2. The number of amides is 1. The van der Waals surface area contributed by atoms with Crippen molar-refractivity contribution in [3.8, 4) is 0 Å². The molecule has 2 fully saturated rings. The number of aryl methyl sites for hydroxylation is 1. The van der Waals surface area contributed by atoms with Crippen molar-refractivity contribution in [3.05, 3.63) is 46.2 Å². The van der Waals surface area contributed by atoms with Gasteiger partial charge in [0.2, 0.25) is 0 Å². The Bertz CT molecular complexity index is 969. The van der Waals surface area contributed by atoms with Gasteiger partial charge in [-0.1, -0.05) is 18.9 Å². The number of thiazole rings is 1. The largest absolute Gasteiger partial charge is 0.490 e. The van der Waals surface area contributed by atoms with Crippen LogP contribution in [0.5, 0.6) is 0 Å². The van der Waals surface area contributed by atoms with E-state index in [-0.39, 0.29) is 17.6 Å². The van der Waals surface area contributed by atoms with E-state index in [0.29, 0.717) is 11.5 Å². The van der Waals surface area contributed by atoms with Gasteiger partial charge < -0.3 is 15.2 Å². The Hall–Kier alpha value is -2.57. The molecule has 1 amide bonds. The van der Waals surface area contributed by atoms with Crippen LogP contribution in [-0.4, -0.2) is 69.4 Å². The Kier molecular flexibility index (Phi) is 8.61. The third-order valence-corrected chi connectivity index (χ3v) is 6.80. The molecular formula is C22H27F3N4O4S. The summed E-state index contributed by atoms with van der Waals surface area (Å²) < 4.78 is 38.1. The fourth-order valence-electron chi connectivity index (χ4n) is 4.26. The monoisotopic (exact) mass is 500 g/mol. The van der Waals surface area contributed by atoms with E-state index in [1.165, 1.54) is 11.3 Å². The number of carbonyl (C=O) groups is 2. The van der Waals surface area contributed by atoms with Crippen LogP contribution < -0.4 is 5.32 Å². The summed E-state index contributed by atoms with van der Waals surface area (Å²) in [5, 5.41) is 10.4. The van der Waals surface area contributed by atoms with Crippen LogP contribution in [0.1, 0.15) is 46.7 Å². The minimum absolute atomic E-state index is 0.0216. The molecule has 3 heterocycles. The highest BCUT2D eigenvalue weighted by Gasteiger charge is 2.46. The van der Waals surface area contributed by atoms with E-state index in [0.717, 1.165) is 56.7 Å². The average molecular weight is 501 g/mol. The van der Waals surface area contributed by atoms with Crippen LogP contribution in [0.25, 0.3) is 0 Å². The quantitative estimate of drug-likeness (QED) is 0.663. The molecule has 0 aromatic carbocycles. The third kappa shape index (κ3) is 6.73. The smallest absolute Gasteiger partial charge is 0.475 e. The van der Waals surface area contributed by atoms with Gasteiger partial charge in [0.15, 0.2) is 0 Å². The van der Waals surface area contributed by atoms with Crippen LogP contribution in [0.2, 0.25) is 0 Å². The summed E-state index contributed by atoms with van der Waals surface area (Å²) in [7, 11) is 0. The first kappa shape index (κ1) is 26.0. The number of rotatable bonds is 4. The molecule has 34 heavy (non-hydrogen) atoms. The van der Waals surface area contributed by atoms with E-state index in [1.807, 2.05) is 25.3 Å². The predicted molar refractivity (Wildman–Crippen MR) is 118 cm³/mol. The summed E-state index contributed by atoms with van der Waals surface area (Å²) >= 11 is 1.40. The molecule has 1 aliphatic carbocycles. The SMILES string of the molecule is Cc1ncsc1C(=O)NC1CCCCC12CN(Cc1ccccn1)CCO2.O=C(O)C(F)(F)F. The van der Waals surface area contributed by atoms with Gasteiger partial charge >= 0.3 is 12.1 Å². The number of ether oxygens (including phenoxy) is 1. The number of hydrogen-bond acceptors (Lipinski definition) is 7. The third-order valence-electron chi connectivity index (χ3n) is 5.88. The number of nitrogens with one attached hydrogen (secondary N) is 1. The molecule has 8 nitrogen and oxygen atoms in total. The zero-order valence-corrected chi connectivity index (χ0v) is 19.5. The first-order valence-electron chi connectivity index (χ1n) is 10.9. The van der Waals surface area contributed by atoms with Gasteiger partial charge in [-0.15, -0.1) is 11.3 Å². The molecule has 2 aromatic rings. The number of nitrogens with zero attached hydrogens (tertiary/aromatic N) is 3. The molecule has 1 aliphatic heterocycles. The highest BCUT2D eigenvalue weighted by Crippen LogP contribution is 2.35. The predicted octanol–water partition coefficient (Wildman–Crippen LogP) is 3.42. The Morgan fingerprint density at radius 2 is 2.09 bits per heavy atom. The Labute approximate surface area is 199 Å². The van der Waals surface area contributed by atoms with Crippen LogP contribution in [0, 0.1) is 6.92 Å². The summed E-state index contributed by atoms with van der Waals surface area (Å²) in [5.41, 5.74) is 3.29. The van der Waals surface area contributed by atoms with Gasteiger partial charge in [0.1, 0.15) is 10.5 Å². The van der Waals surface area contributed by atoms with Crippen molar-refractivity contribution in [2.75, 3.05) is 19.7 Å². The maximum Gasteiger partial charge on any atom is 0.490 e. The van der Waals surface area contributed by atoms with Crippen LogP contribution in [0.15, 0.2) is 29.9 Å². The number of halogens is 3. The molecule has 2 aromatic heterocycles. The van der Waals surface area contributed by atoms with Crippen LogP contribution >= 0.6 is 11.3 Å². The highest BCUT2D eigenvalue weighted by molar-refractivity contribution is 7.11. The molecule has 4 rings (SSSR count). The van der Waals surface area contributed by atoms with Crippen molar-refractivity contribution in [3.63, 3.8) is 0 Å². The molecule has 12 heteroatoms. The maximum atomic E-state index is 12.8. The molecule has 2 unspecified atom stereocenters. The molecule has 2 N–H and O–H groups in total.